The van der Waals surface area contributed by atoms with E-state index in [1.807, 2.05) is 0 Å². The fourth-order valence-corrected chi connectivity index (χ4v) is 1.29. The molecule has 1 atom stereocenters. The summed E-state index contributed by atoms with van der Waals surface area (Å²) in [7, 11) is 0. The van der Waals surface area contributed by atoms with Gasteiger partial charge in [-0.1, -0.05) is 0 Å². The third-order valence-electron chi connectivity index (χ3n) is 1.69. The largest absolute Gasteiger partial charge is 0.492 e. The Morgan fingerprint density at radius 2 is 2.29 bits per heavy atom. The third-order valence-corrected chi connectivity index (χ3v) is 2.34. The molecule has 1 aromatic rings. The van der Waals surface area contributed by atoms with E-state index in [0.717, 1.165) is 0 Å². The van der Waals surface area contributed by atoms with Crippen molar-refractivity contribution >= 4 is 15.9 Å². The number of hydrogen-bond donors (Lipinski definition) is 1. The van der Waals surface area contributed by atoms with E-state index in [9.17, 15) is 4.39 Å². The Hall–Kier alpha value is -0.610. The van der Waals surface area contributed by atoms with Crippen LogP contribution in [0.3, 0.4) is 0 Å². The molecule has 4 heteroatoms. The molecule has 1 aromatic carbocycles. The van der Waals surface area contributed by atoms with E-state index in [1.54, 1.807) is 13.0 Å². The monoisotopic (exact) mass is 262 g/mol. The highest BCUT2D eigenvalue weighted by Gasteiger charge is 2.03. The van der Waals surface area contributed by atoms with Crippen LogP contribution in [0, 0.1) is 5.82 Å². The van der Waals surface area contributed by atoms with Crippen molar-refractivity contribution in [1.82, 2.24) is 0 Å². The van der Waals surface area contributed by atoms with Gasteiger partial charge < -0.3 is 9.84 Å². The van der Waals surface area contributed by atoms with Gasteiger partial charge in [0.05, 0.1) is 17.2 Å². The molecular weight excluding hydrogens is 251 g/mol. The molecule has 78 valence electrons. The van der Waals surface area contributed by atoms with Crippen molar-refractivity contribution < 1.29 is 14.2 Å². The second kappa shape index (κ2) is 5.32. The van der Waals surface area contributed by atoms with Crippen molar-refractivity contribution in [3.8, 4) is 5.75 Å². The van der Waals surface area contributed by atoms with Gasteiger partial charge in [0, 0.05) is 12.5 Å². The van der Waals surface area contributed by atoms with Crippen LogP contribution < -0.4 is 4.74 Å². The minimum Gasteiger partial charge on any atom is -0.492 e. The molecule has 0 spiro atoms. The molecular formula is C10H12BrFO2. The van der Waals surface area contributed by atoms with Gasteiger partial charge in [-0.25, -0.2) is 4.39 Å². The van der Waals surface area contributed by atoms with Crippen LogP contribution >= 0.6 is 15.9 Å². The predicted molar refractivity (Wildman–Crippen MR) is 55.9 cm³/mol. The van der Waals surface area contributed by atoms with E-state index in [1.165, 1.54) is 12.1 Å². The molecule has 0 aliphatic rings. The molecule has 0 bridgehead atoms. The van der Waals surface area contributed by atoms with Gasteiger partial charge in [-0.2, -0.15) is 0 Å². The summed E-state index contributed by atoms with van der Waals surface area (Å²) in [5.74, 6) is 0.130. The van der Waals surface area contributed by atoms with Gasteiger partial charge >= 0.3 is 0 Å². The Balaban J connectivity index is 2.53. The van der Waals surface area contributed by atoms with Gasteiger partial charge in [0.2, 0.25) is 0 Å². The first-order chi connectivity index (χ1) is 6.59. The van der Waals surface area contributed by atoms with E-state index in [-0.39, 0.29) is 5.82 Å². The summed E-state index contributed by atoms with van der Waals surface area (Å²) in [5, 5.41) is 8.99. The molecule has 0 fully saturated rings. The summed E-state index contributed by atoms with van der Waals surface area (Å²) in [6.45, 7) is 2.06. The summed E-state index contributed by atoms with van der Waals surface area (Å²) in [6, 6.07) is 4.25. The molecule has 0 amide bonds. The Morgan fingerprint density at radius 3 is 2.93 bits per heavy atom. The third kappa shape index (κ3) is 3.64. The van der Waals surface area contributed by atoms with Gasteiger partial charge in [0.25, 0.3) is 0 Å². The molecule has 14 heavy (non-hydrogen) atoms. The summed E-state index contributed by atoms with van der Waals surface area (Å²) in [5.41, 5.74) is 0. The first kappa shape index (κ1) is 11.5. The minimum atomic E-state index is -0.401. The highest BCUT2D eigenvalue weighted by atomic mass is 79.9. The summed E-state index contributed by atoms with van der Waals surface area (Å²) < 4.78 is 18.8. The number of benzene rings is 1. The molecule has 0 aliphatic carbocycles. The Kier molecular flexibility index (Phi) is 4.35. The number of halogens is 2. The van der Waals surface area contributed by atoms with E-state index >= 15 is 0 Å². The maximum Gasteiger partial charge on any atom is 0.136 e. The Bertz CT molecular complexity index is 302. The van der Waals surface area contributed by atoms with Gasteiger partial charge in [-0.3, -0.25) is 0 Å². The van der Waals surface area contributed by atoms with Crippen molar-refractivity contribution in [1.29, 1.82) is 0 Å². The molecule has 2 nitrogen and oxygen atoms in total. The summed E-state index contributed by atoms with van der Waals surface area (Å²) >= 11 is 3.24. The van der Waals surface area contributed by atoms with E-state index in [0.29, 0.717) is 23.2 Å². The molecule has 0 radical (unpaired) electrons. The average Bonchev–Trinajstić information content (AvgIpc) is 2.10. The first-order valence-electron chi connectivity index (χ1n) is 4.35. The van der Waals surface area contributed by atoms with Crippen LogP contribution in [0.15, 0.2) is 22.7 Å². The zero-order valence-corrected chi connectivity index (χ0v) is 9.42. The maximum absolute atomic E-state index is 12.8. The normalized spacial score (nSPS) is 12.6. The number of rotatable bonds is 4. The average molecular weight is 263 g/mol. The van der Waals surface area contributed by atoms with Crippen molar-refractivity contribution in [3.63, 3.8) is 0 Å². The lowest BCUT2D eigenvalue weighted by molar-refractivity contribution is 0.155. The quantitative estimate of drug-likeness (QED) is 0.905. The van der Waals surface area contributed by atoms with Crippen LogP contribution in [0.5, 0.6) is 5.75 Å². The molecule has 0 saturated heterocycles. The molecule has 0 aliphatic heterocycles. The van der Waals surface area contributed by atoms with Crippen molar-refractivity contribution in [3.05, 3.63) is 28.5 Å². The summed E-state index contributed by atoms with van der Waals surface area (Å²) in [6.07, 6.45) is 0.130. The highest BCUT2D eigenvalue weighted by molar-refractivity contribution is 9.10. The molecule has 1 unspecified atom stereocenters. The standard InChI is InChI=1S/C10H12BrFO2/c1-7(13)4-5-14-10-6-8(12)2-3-9(10)11/h2-3,6-7,13H,4-5H2,1H3. The van der Waals surface area contributed by atoms with Gasteiger partial charge in [-0.15, -0.1) is 0 Å². The van der Waals surface area contributed by atoms with Gasteiger partial charge in [0.15, 0.2) is 0 Å². The minimum absolute atomic E-state index is 0.333. The van der Waals surface area contributed by atoms with Gasteiger partial charge in [0.1, 0.15) is 11.6 Å². The van der Waals surface area contributed by atoms with Crippen molar-refractivity contribution in [2.75, 3.05) is 6.61 Å². The maximum atomic E-state index is 12.8. The van der Waals surface area contributed by atoms with Crippen LogP contribution in [-0.2, 0) is 0 Å². The van der Waals surface area contributed by atoms with Crippen LogP contribution in [0.2, 0.25) is 0 Å². The Morgan fingerprint density at radius 1 is 1.57 bits per heavy atom. The lowest BCUT2D eigenvalue weighted by Crippen LogP contribution is -2.07. The van der Waals surface area contributed by atoms with E-state index in [2.05, 4.69) is 15.9 Å². The van der Waals surface area contributed by atoms with E-state index in [4.69, 9.17) is 9.84 Å². The van der Waals surface area contributed by atoms with E-state index < -0.39 is 6.10 Å². The number of ether oxygens (including phenoxy) is 1. The number of hydrogen-bond acceptors (Lipinski definition) is 2. The topological polar surface area (TPSA) is 29.5 Å². The predicted octanol–water partition coefficient (Wildman–Crippen LogP) is 2.74. The lowest BCUT2D eigenvalue weighted by atomic mass is 10.3. The zero-order valence-electron chi connectivity index (χ0n) is 7.84. The molecule has 0 aromatic heterocycles. The molecule has 1 N–H and O–H groups in total. The van der Waals surface area contributed by atoms with Crippen LogP contribution in [-0.4, -0.2) is 17.8 Å². The molecule has 0 saturated carbocycles. The fourth-order valence-electron chi connectivity index (χ4n) is 0.927. The second-order valence-corrected chi connectivity index (χ2v) is 3.92. The SMILES string of the molecule is CC(O)CCOc1cc(F)ccc1Br. The van der Waals surface area contributed by atoms with Crippen molar-refractivity contribution in [2.45, 2.75) is 19.4 Å². The van der Waals surface area contributed by atoms with Crippen molar-refractivity contribution in [2.24, 2.45) is 0 Å². The van der Waals surface area contributed by atoms with Crippen LogP contribution in [0.1, 0.15) is 13.3 Å². The molecule has 0 heterocycles. The summed E-state index contributed by atoms with van der Waals surface area (Å²) in [4.78, 5) is 0. The van der Waals surface area contributed by atoms with Gasteiger partial charge in [-0.05, 0) is 35.0 Å². The number of aliphatic hydroxyl groups excluding tert-OH is 1. The first-order valence-corrected chi connectivity index (χ1v) is 5.15. The van der Waals surface area contributed by atoms with Crippen LogP contribution in [0.25, 0.3) is 0 Å². The number of aliphatic hydroxyl groups is 1. The molecule has 1 rings (SSSR count). The van der Waals surface area contributed by atoms with Crippen LogP contribution in [0.4, 0.5) is 4.39 Å². The highest BCUT2D eigenvalue weighted by Crippen LogP contribution is 2.25. The smallest absolute Gasteiger partial charge is 0.136 e. The Labute approximate surface area is 90.8 Å². The lowest BCUT2D eigenvalue weighted by Gasteiger charge is -2.09. The zero-order chi connectivity index (χ0) is 10.6. The fraction of sp³-hybridized carbons (Fsp3) is 0.400. The second-order valence-electron chi connectivity index (χ2n) is 3.06.